The molecule has 0 spiro atoms. The number of nitrogens with zero attached hydrogens (tertiary/aromatic N) is 1. The number of benzene rings is 1. The van der Waals surface area contributed by atoms with Crippen molar-refractivity contribution in [3.8, 4) is 11.3 Å². The number of amides is 2. The third-order valence-corrected chi connectivity index (χ3v) is 2.38. The largest absolute Gasteiger partial charge is 0.443 e. The van der Waals surface area contributed by atoms with Crippen LogP contribution in [0.25, 0.3) is 11.3 Å². The Morgan fingerprint density at radius 2 is 2.00 bits per heavy atom. The van der Waals surface area contributed by atoms with Gasteiger partial charge in [0.1, 0.15) is 0 Å². The maximum absolute atomic E-state index is 11.1. The zero-order valence-electron chi connectivity index (χ0n) is 9.65. The molecule has 0 saturated heterocycles. The first-order valence-electron chi connectivity index (χ1n) is 5.20. The Morgan fingerprint density at radius 1 is 1.29 bits per heavy atom. The summed E-state index contributed by atoms with van der Waals surface area (Å²) in [6.07, 6.45) is 1.42. The van der Waals surface area contributed by atoms with Crippen LogP contribution in [-0.2, 0) is 0 Å². The first-order valence-corrected chi connectivity index (χ1v) is 5.20. The minimum Gasteiger partial charge on any atom is -0.443 e. The lowest BCUT2D eigenvalue weighted by Crippen LogP contribution is -2.24. The highest BCUT2D eigenvalue weighted by Gasteiger charge is 2.06. The average molecular weight is 231 g/mol. The Balaban J connectivity index is 2.19. The highest BCUT2D eigenvalue weighted by atomic mass is 16.3. The molecule has 0 atom stereocenters. The third kappa shape index (κ3) is 2.44. The van der Waals surface area contributed by atoms with Gasteiger partial charge in [-0.2, -0.15) is 0 Å². The van der Waals surface area contributed by atoms with Crippen LogP contribution in [0, 0.1) is 6.92 Å². The molecule has 5 heteroatoms. The van der Waals surface area contributed by atoms with Crippen LogP contribution >= 0.6 is 0 Å². The molecule has 2 rings (SSSR count). The smallest absolute Gasteiger partial charge is 0.318 e. The second-order valence-electron chi connectivity index (χ2n) is 3.55. The van der Waals surface area contributed by atoms with Gasteiger partial charge in [-0.3, -0.25) is 0 Å². The number of urea groups is 1. The molecule has 0 aliphatic rings. The van der Waals surface area contributed by atoms with Gasteiger partial charge in [0.05, 0.1) is 5.69 Å². The molecule has 1 heterocycles. The third-order valence-electron chi connectivity index (χ3n) is 2.38. The lowest BCUT2D eigenvalue weighted by atomic mass is 10.1. The van der Waals surface area contributed by atoms with Gasteiger partial charge in [-0.05, 0) is 31.2 Å². The molecule has 5 nitrogen and oxygen atoms in total. The molecular weight excluding hydrogens is 218 g/mol. The second-order valence-corrected chi connectivity index (χ2v) is 3.55. The lowest BCUT2D eigenvalue weighted by molar-refractivity contribution is 0.254. The molecule has 17 heavy (non-hydrogen) atoms. The van der Waals surface area contributed by atoms with Crippen molar-refractivity contribution in [3.63, 3.8) is 0 Å². The monoisotopic (exact) mass is 231 g/mol. The van der Waals surface area contributed by atoms with Crippen molar-refractivity contribution >= 4 is 11.7 Å². The second kappa shape index (κ2) is 4.69. The van der Waals surface area contributed by atoms with Gasteiger partial charge in [-0.25, -0.2) is 9.78 Å². The average Bonchev–Trinajstić information content (AvgIpc) is 2.76. The van der Waals surface area contributed by atoms with Gasteiger partial charge in [-0.1, -0.05) is 0 Å². The number of carbonyl (C=O) groups is 1. The molecular formula is C12H13N3O2. The summed E-state index contributed by atoms with van der Waals surface area (Å²) in [6.45, 7) is 1.88. The van der Waals surface area contributed by atoms with E-state index in [1.54, 1.807) is 7.05 Å². The van der Waals surface area contributed by atoms with Crippen molar-refractivity contribution < 1.29 is 9.21 Å². The Hall–Kier alpha value is -2.30. The van der Waals surface area contributed by atoms with Gasteiger partial charge in [0.15, 0.2) is 12.2 Å². The summed E-state index contributed by atoms with van der Waals surface area (Å²) in [4.78, 5) is 15.1. The molecule has 0 bridgehead atoms. The SMILES string of the molecule is CNC(=O)Nc1ccc(-c2ocnc2C)cc1. The normalized spacial score (nSPS) is 10.0. The van der Waals surface area contributed by atoms with E-state index in [0.29, 0.717) is 0 Å². The molecule has 2 N–H and O–H groups in total. The zero-order valence-corrected chi connectivity index (χ0v) is 9.65. The number of carbonyl (C=O) groups excluding carboxylic acids is 1. The van der Waals surface area contributed by atoms with Crippen molar-refractivity contribution in [2.24, 2.45) is 0 Å². The Labute approximate surface area is 98.9 Å². The molecule has 2 aromatic rings. The summed E-state index contributed by atoms with van der Waals surface area (Å²) in [6, 6.07) is 7.13. The van der Waals surface area contributed by atoms with Gasteiger partial charge < -0.3 is 15.1 Å². The summed E-state index contributed by atoms with van der Waals surface area (Å²) in [5.41, 5.74) is 2.50. The molecule has 1 aromatic heterocycles. The summed E-state index contributed by atoms with van der Waals surface area (Å²) >= 11 is 0. The van der Waals surface area contributed by atoms with Crippen molar-refractivity contribution in [3.05, 3.63) is 36.4 Å². The van der Waals surface area contributed by atoms with Crippen LogP contribution in [0.4, 0.5) is 10.5 Å². The molecule has 0 fully saturated rings. The Kier molecular flexibility index (Phi) is 3.09. The van der Waals surface area contributed by atoms with E-state index in [2.05, 4.69) is 15.6 Å². The minimum absolute atomic E-state index is 0.242. The number of hydrogen-bond acceptors (Lipinski definition) is 3. The maximum atomic E-state index is 11.1. The lowest BCUT2D eigenvalue weighted by Gasteiger charge is -2.04. The Morgan fingerprint density at radius 3 is 2.53 bits per heavy atom. The van der Waals surface area contributed by atoms with Crippen LogP contribution < -0.4 is 10.6 Å². The van der Waals surface area contributed by atoms with Crippen LogP contribution in [0.15, 0.2) is 35.1 Å². The van der Waals surface area contributed by atoms with E-state index in [4.69, 9.17) is 4.42 Å². The van der Waals surface area contributed by atoms with Gasteiger partial charge in [0.25, 0.3) is 0 Å². The van der Waals surface area contributed by atoms with E-state index in [1.807, 2.05) is 31.2 Å². The Bertz CT molecular complexity index is 517. The molecule has 0 radical (unpaired) electrons. The van der Waals surface area contributed by atoms with E-state index in [-0.39, 0.29) is 6.03 Å². The quantitative estimate of drug-likeness (QED) is 0.834. The molecule has 0 aliphatic carbocycles. The fraction of sp³-hybridized carbons (Fsp3) is 0.167. The van der Waals surface area contributed by atoms with Crippen molar-refractivity contribution in [2.75, 3.05) is 12.4 Å². The van der Waals surface area contributed by atoms with E-state index in [0.717, 1.165) is 22.7 Å². The first-order chi connectivity index (χ1) is 8.20. The number of aryl methyl sites for hydroxylation is 1. The minimum atomic E-state index is -0.242. The number of oxazole rings is 1. The van der Waals surface area contributed by atoms with Crippen molar-refractivity contribution in [1.29, 1.82) is 0 Å². The summed E-state index contributed by atoms with van der Waals surface area (Å²) in [5.74, 6) is 0.747. The van der Waals surface area contributed by atoms with Crippen molar-refractivity contribution in [2.45, 2.75) is 6.92 Å². The number of anilines is 1. The summed E-state index contributed by atoms with van der Waals surface area (Å²) in [5, 5.41) is 5.17. The summed E-state index contributed by atoms with van der Waals surface area (Å²) in [7, 11) is 1.57. The molecule has 2 amide bonds. The zero-order chi connectivity index (χ0) is 12.3. The molecule has 0 unspecified atom stereocenters. The number of aromatic nitrogens is 1. The van der Waals surface area contributed by atoms with Gasteiger partial charge in [0.2, 0.25) is 0 Å². The van der Waals surface area contributed by atoms with Crippen LogP contribution in [0.3, 0.4) is 0 Å². The highest BCUT2D eigenvalue weighted by Crippen LogP contribution is 2.23. The van der Waals surface area contributed by atoms with Crippen LogP contribution in [0.5, 0.6) is 0 Å². The number of nitrogens with one attached hydrogen (secondary N) is 2. The first kappa shape index (κ1) is 11.2. The standard InChI is InChI=1S/C12H13N3O2/c1-8-11(17-7-14-8)9-3-5-10(6-4-9)15-12(16)13-2/h3-7H,1-2H3,(H2,13,15,16). The van der Waals surface area contributed by atoms with Crippen LogP contribution in [0.1, 0.15) is 5.69 Å². The van der Waals surface area contributed by atoms with E-state index in [1.165, 1.54) is 6.39 Å². The van der Waals surface area contributed by atoms with Gasteiger partial charge >= 0.3 is 6.03 Å². The number of hydrogen-bond donors (Lipinski definition) is 2. The molecule has 0 saturated carbocycles. The van der Waals surface area contributed by atoms with Crippen molar-refractivity contribution in [1.82, 2.24) is 10.3 Å². The molecule has 0 aliphatic heterocycles. The predicted octanol–water partition coefficient (Wildman–Crippen LogP) is 2.40. The van der Waals surface area contributed by atoms with E-state index in [9.17, 15) is 4.79 Å². The molecule has 1 aromatic carbocycles. The van der Waals surface area contributed by atoms with E-state index >= 15 is 0 Å². The highest BCUT2D eigenvalue weighted by molar-refractivity contribution is 5.89. The van der Waals surface area contributed by atoms with Gasteiger partial charge in [0, 0.05) is 18.3 Å². The number of rotatable bonds is 2. The maximum Gasteiger partial charge on any atom is 0.318 e. The molecule has 88 valence electrons. The summed E-state index contributed by atoms with van der Waals surface area (Å²) < 4.78 is 5.28. The fourth-order valence-corrected chi connectivity index (χ4v) is 1.48. The van der Waals surface area contributed by atoms with Gasteiger partial charge in [-0.15, -0.1) is 0 Å². The van der Waals surface area contributed by atoms with E-state index < -0.39 is 0 Å². The van der Waals surface area contributed by atoms with Crippen LogP contribution in [-0.4, -0.2) is 18.1 Å². The fourth-order valence-electron chi connectivity index (χ4n) is 1.48. The predicted molar refractivity (Wildman–Crippen MR) is 64.8 cm³/mol. The van der Waals surface area contributed by atoms with Crippen LogP contribution in [0.2, 0.25) is 0 Å². The topological polar surface area (TPSA) is 67.2 Å².